The van der Waals surface area contributed by atoms with Crippen LogP contribution in [-0.4, -0.2) is 5.78 Å². The Hall–Kier alpha value is -0.850. The molecule has 1 nitrogen and oxygen atoms in total. The van der Waals surface area contributed by atoms with E-state index in [1.54, 1.807) is 0 Å². The smallest absolute Gasteiger partial charge is 0.135 e. The number of hydrogen-bond donors (Lipinski definition) is 0. The van der Waals surface area contributed by atoms with Gasteiger partial charge in [0.1, 0.15) is 5.78 Å². The summed E-state index contributed by atoms with van der Waals surface area (Å²) in [6.07, 6.45) is 17.9. The van der Waals surface area contributed by atoms with Gasteiger partial charge in [-0.25, -0.2) is 0 Å². The second-order valence-electron chi connectivity index (χ2n) is 10.3. The molecule has 6 unspecified atom stereocenters. The highest BCUT2D eigenvalue weighted by atomic mass is 16.1. The van der Waals surface area contributed by atoms with Gasteiger partial charge in [0.2, 0.25) is 0 Å². The quantitative estimate of drug-likeness (QED) is 0.343. The van der Waals surface area contributed by atoms with Crippen LogP contribution in [0.1, 0.15) is 113 Å². The van der Waals surface area contributed by atoms with E-state index in [0.29, 0.717) is 23.5 Å². The van der Waals surface area contributed by atoms with Crippen molar-refractivity contribution in [3.8, 4) is 0 Å². The van der Waals surface area contributed by atoms with Gasteiger partial charge < -0.3 is 0 Å². The lowest BCUT2D eigenvalue weighted by Crippen LogP contribution is -2.35. The van der Waals surface area contributed by atoms with Gasteiger partial charge in [-0.1, -0.05) is 65.3 Å². The standard InChI is InChI=1S/C27H46O.C2H6/c1-7-19(3)12-13-20(4)16-23-14-15-25(27(28)8-2)24(17-23)18-26-21(5)10-9-11-22(26)6;1-2/h7,9-10,20-26H,8,11-18H2,1-6H3;1-2H3/b19-7-;/t20?,21?,22?,23?,24-,25?,26?;/m1./s1. The molecule has 0 heterocycles. The molecular formula is C29H52O. The van der Waals surface area contributed by atoms with E-state index < -0.39 is 0 Å². The molecule has 0 spiro atoms. The minimum atomic E-state index is 0.340. The summed E-state index contributed by atoms with van der Waals surface area (Å²) in [5.41, 5.74) is 1.52. The van der Waals surface area contributed by atoms with Gasteiger partial charge in [0.25, 0.3) is 0 Å². The molecule has 7 atom stereocenters. The zero-order valence-corrected chi connectivity index (χ0v) is 21.5. The van der Waals surface area contributed by atoms with E-state index in [2.05, 4.69) is 59.8 Å². The molecule has 0 aromatic rings. The van der Waals surface area contributed by atoms with E-state index in [4.69, 9.17) is 0 Å². The number of carbonyl (C=O) groups is 1. The zero-order chi connectivity index (χ0) is 22.7. The van der Waals surface area contributed by atoms with E-state index >= 15 is 0 Å². The molecule has 2 aliphatic rings. The predicted molar refractivity (Wildman–Crippen MR) is 134 cm³/mol. The van der Waals surface area contributed by atoms with Gasteiger partial charge in [-0.15, -0.1) is 0 Å². The van der Waals surface area contributed by atoms with Crippen LogP contribution in [0.25, 0.3) is 0 Å². The van der Waals surface area contributed by atoms with Gasteiger partial charge in [0.15, 0.2) is 0 Å². The molecule has 0 aromatic carbocycles. The van der Waals surface area contributed by atoms with Crippen LogP contribution in [0.2, 0.25) is 0 Å². The van der Waals surface area contributed by atoms with Gasteiger partial charge >= 0.3 is 0 Å². The number of allylic oxidation sites excluding steroid dienone is 4. The normalized spacial score (nSPS) is 32.9. The molecule has 174 valence electrons. The predicted octanol–water partition coefficient (Wildman–Crippen LogP) is 9.04. The largest absolute Gasteiger partial charge is 0.299 e. The summed E-state index contributed by atoms with van der Waals surface area (Å²) >= 11 is 0. The molecular weight excluding hydrogens is 364 g/mol. The fourth-order valence-corrected chi connectivity index (χ4v) is 5.97. The second-order valence-corrected chi connectivity index (χ2v) is 10.3. The Morgan fingerprint density at radius 2 is 1.90 bits per heavy atom. The molecule has 0 radical (unpaired) electrons. The summed E-state index contributed by atoms with van der Waals surface area (Å²) in [7, 11) is 0. The van der Waals surface area contributed by atoms with Crippen molar-refractivity contribution in [2.75, 3.05) is 0 Å². The second kappa shape index (κ2) is 14.3. The van der Waals surface area contributed by atoms with Gasteiger partial charge in [0, 0.05) is 12.3 Å². The average molecular weight is 417 g/mol. The summed E-state index contributed by atoms with van der Waals surface area (Å²) in [5.74, 6) is 5.32. The van der Waals surface area contributed by atoms with Crippen molar-refractivity contribution in [3.63, 3.8) is 0 Å². The van der Waals surface area contributed by atoms with Crippen LogP contribution in [0.3, 0.4) is 0 Å². The Bertz CT molecular complexity index is 543. The van der Waals surface area contributed by atoms with Crippen LogP contribution >= 0.6 is 0 Å². The Morgan fingerprint density at radius 1 is 1.20 bits per heavy atom. The molecule has 2 rings (SSSR count). The third kappa shape index (κ3) is 8.35. The number of hydrogen-bond acceptors (Lipinski definition) is 1. The SMILES string of the molecule is C/C=C(/C)CCC(C)CC1CCC(C(=O)CC)[C@@H](CC2C(C)C=CCC2C)C1.CC. The molecule has 0 saturated heterocycles. The number of ketones is 1. The Kier molecular flexibility index (Phi) is 12.9. The number of rotatable bonds is 9. The summed E-state index contributed by atoms with van der Waals surface area (Å²) in [4.78, 5) is 12.7. The fourth-order valence-electron chi connectivity index (χ4n) is 5.97. The van der Waals surface area contributed by atoms with Crippen LogP contribution in [0.5, 0.6) is 0 Å². The van der Waals surface area contributed by atoms with E-state index in [0.717, 1.165) is 36.5 Å². The monoisotopic (exact) mass is 416 g/mol. The van der Waals surface area contributed by atoms with Crippen molar-refractivity contribution in [2.24, 2.45) is 41.4 Å². The third-order valence-electron chi connectivity index (χ3n) is 8.04. The zero-order valence-electron chi connectivity index (χ0n) is 21.5. The average Bonchev–Trinajstić information content (AvgIpc) is 2.75. The molecule has 1 heteroatoms. The van der Waals surface area contributed by atoms with Gasteiger partial charge in [-0.3, -0.25) is 4.79 Å². The Labute approximate surface area is 189 Å². The molecule has 0 N–H and O–H groups in total. The van der Waals surface area contributed by atoms with Crippen LogP contribution in [-0.2, 0) is 4.79 Å². The fraction of sp³-hybridized carbons (Fsp3) is 0.828. The molecule has 0 bridgehead atoms. The van der Waals surface area contributed by atoms with Crippen molar-refractivity contribution in [2.45, 2.75) is 113 Å². The van der Waals surface area contributed by atoms with Crippen LogP contribution in [0, 0.1) is 41.4 Å². The first-order valence-corrected chi connectivity index (χ1v) is 13.2. The Balaban J connectivity index is 0.00000218. The minimum Gasteiger partial charge on any atom is -0.299 e. The van der Waals surface area contributed by atoms with Crippen molar-refractivity contribution < 1.29 is 4.79 Å². The molecule has 0 amide bonds. The van der Waals surface area contributed by atoms with Crippen LogP contribution in [0.4, 0.5) is 0 Å². The molecule has 1 fully saturated rings. The summed E-state index contributed by atoms with van der Waals surface area (Å²) < 4.78 is 0. The van der Waals surface area contributed by atoms with E-state index in [1.807, 2.05) is 13.8 Å². The molecule has 0 aliphatic heterocycles. The highest BCUT2D eigenvalue weighted by Crippen LogP contribution is 2.45. The van der Waals surface area contributed by atoms with Gasteiger partial charge in [0.05, 0.1) is 0 Å². The maximum absolute atomic E-state index is 12.7. The highest BCUT2D eigenvalue weighted by molar-refractivity contribution is 5.81. The molecule has 1 saturated carbocycles. The molecule has 2 aliphatic carbocycles. The van der Waals surface area contributed by atoms with E-state index in [9.17, 15) is 4.79 Å². The molecule has 30 heavy (non-hydrogen) atoms. The maximum atomic E-state index is 12.7. The topological polar surface area (TPSA) is 17.1 Å². The summed E-state index contributed by atoms with van der Waals surface area (Å²) in [5, 5.41) is 0. The minimum absolute atomic E-state index is 0.340. The summed E-state index contributed by atoms with van der Waals surface area (Å²) in [6, 6.07) is 0. The van der Waals surface area contributed by atoms with E-state index in [-0.39, 0.29) is 0 Å². The lowest BCUT2D eigenvalue weighted by atomic mass is 9.64. The van der Waals surface area contributed by atoms with Crippen molar-refractivity contribution in [1.29, 1.82) is 0 Å². The van der Waals surface area contributed by atoms with E-state index in [1.165, 1.54) is 50.5 Å². The first-order valence-electron chi connectivity index (χ1n) is 13.2. The summed E-state index contributed by atoms with van der Waals surface area (Å²) in [6.45, 7) is 17.7. The number of Topliss-reactive ketones (excluding diaryl/α,β-unsaturated/α-hetero) is 1. The first-order chi connectivity index (χ1) is 14.3. The van der Waals surface area contributed by atoms with Crippen molar-refractivity contribution in [3.05, 3.63) is 23.8 Å². The lowest BCUT2D eigenvalue weighted by molar-refractivity contribution is -0.126. The van der Waals surface area contributed by atoms with Gasteiger partial charge in [-0.2, -0.15) is 0 Å². The Morgan fingerprint density at radius 3 is 2.50 bits per heavy atom. The maximum Gasteiger partial charge on any atom is 0.135 e. The molecule has 0 aromatic heterocycles. The van der Waals surface area contributed by atoms with Crippen molar-refractivity contribution in [1.82, 2.24) is 0 Å². The first kappa shape index (κ1) is 27.2. The number of carbonyl (C=O) groups excluding carboxylic acids is 1. The lowest BCUT2D eigenvalue weighted by Gasteiger charge is -2.41. The van der Waals surface area contributed by atoms with Crippen molar-refractivity contribution >= 4 is 5.78 Å². The van der Waals surface area contributed by atoms with Crippen LogP contribution in [0.15, 0.2) is 23.8 Å². The van der Waals surface area contributed by atoms with Crippen LogP contribution < -0.4 is 0 Å². The highest BCUT2D eigenvalue weighted by Gasteiger charge is 2.37. The van der Waals surface area contributed by atoms with Gasteiger partial charge in [-0.05, 0) is 101 Å². The third-order valence-corrected chi connectivity index (χ3v) is 8.04.